The highest BCUT2D eigenvalue weighted by Crippen LogP contribution is 2.34. The topological polar surface area (TPSA) is 72.9 Å². The molecule has 0 radical (unpaired) electrons. The summed E-state index contributed by atoms with van der Waals surface area (Å²) in [6.07, 6.45) is 7.02. The lowest BCUT2D eigenvalue weighted by Crippen LogP contribution is -2.44. The highest BCUT2D eigenvalue weighted by atomic mass is 16.5. The summed E-state index contributed by atoms with van der Waals surface area (Å²) in [6, 6.07) is -0.137. The number of ether oxygens (including phenoxy) is 2. The first-order valence-electron chi connectivity index (χ1n) is 10.9. The van der Waals surface area contributed by atoms with Gasteiger partial charge in [-0.2, -0.15) is 0 Å². The summed E-state index contributed by atoms with van der Waals surface area (Å²) in [5.41, 5.74) is -0.658. The second-order valence-electron chi connectivity index (χ2n) is 8.32. The van der Waals surface area contributed by atoms with Crippen LogP contribution in [0.25, 0.3) is 0 Å². The van der Waals surface area contributed by atoms with Gasteiger partial charge in [-0.05, 0) is 39.5 Å². The van der Waals surface area contributed by atoms with Crippen LogP contribution in [0.1, 0.15) is 92.4 Å². The number of rotatable bonds is 13. The van der Waals surface area contributed by atoms with Crippen LogP contribution in [0.4, 0.5) is 0 Å². The van der Waals surface area contributed by atoms with E-state index >= 15 is 0 Å². The zero-order valence-corrected chi connectivity index (χ0v) is 18.4. The van der Waals surface area contributed by atoms with Crippen molar-refractivity contribution in [2.24, 2.45) is 5.41 Å². The van der Waals surface area contributed by atoms with Gasteiger partial charge >= 0.3 is 11.9 Å². The molecular formula is C22H39NO5. The maximum absolute atomic E-state index is 12.8. The number of carbonyl (C=O) groups is 3. The molecule has 3 unspecified atom stereocenters. The second kappa shape index (κ2) is 12.1. The minimum Gasteiger partial charge on any atom is -0.465 e. The van der Waals surface area contributed by atoms with E-state index in [2.05, 4.69) is 6.92 Å². The van der Waals surface area contributed by atoms with Crippen LogP contribution < -0.4 is 0 Å². The Morgan fingerprint density at radius 1 is 1.21 bits per heavy atom. The predicted octanol–water partition coefficient (Wildman–Crippen LogP) is 4.25. The Labute approximate surface area is 170 Å². The van der Waals surface area contributed by atoms with Gasteiger partial charge in [-0.15, -0.1) is 0 Å². The van der Waals surface area contributed by atoms with Gasteiger partial charge in [0, 0.05) is 32.4 Å². The first kappa shape index (κ1) is 24.4. The molecule has 1 aliphatic rings. The molecule has 1 fully saturated rings. The summed E-state index contributed by atoms with van der Waals surface area (Å²) in [6.45, 7) is 10.4. The number of nitrogens with zero attached hydrogens (tertiary/aromatic N) is 1. The molecule has 1 amide bonds. The van der Waals surface area contributed by atoms with Crippen molar-refractivity contribution in [3.05, 3.63) is 0 Å². The summed E-state index contributed by atoms with van der Waals surface area (Å²) < 4.78 is 10.9. The fourth-order valence-electron chi connectivity index (χ4n) is 3.85. The molecule has 0 saturated carbocycles. The van der Waals surface area contributed by atoms with Gasteiger partial charge in [0.25, 0.3) is 0 Å². The Morgan fingerprint density at radius 3 is 2.46 bits per heavy atom. The number of hydrogen-bond acceptors (Lipinski definition) is 5. The third kappa shape index (κ3) is 7.80. The van der Waals surface area contributed by atoms with Crippen molar-refractivity contribution in [3.63, 3.8) is 0 Å². The fourth-order valence-corrected chi connectivity index (χ4v) is 3.85. The Hall–Kier alpha value is -1.59. The third-order valence-corrected chi connectivity index (χ3v) is 5.71. The van der Waals surface area contributed by atoms with Crippen LogP contribution >= 0.6 is 0 Å². The molecule has 162 valence electrons. The van der Waals surface area contributed by atoms with Crippen LogP contribution in [0, 0.1) is 5.41 Å². The molecule has 0 N–H and O–H groups in total. The molecule has 0 aromatic heterocycles. The molecule has 1 aliphatic heterocycles. The normalized spacial score (nSPS) is 18.5. The van der Waals surface area contributed by atoms with Gasteiger partial charge in [-0.1, -0.05) is 33.1 Å². The molecule has 6 nitrogen and oxygen atoms in total. The molecule has 1 saturated heterocycles. The number of unbranched alkanes of at least 4 members (excludes halogenated alkanes) is 3. The Kier molecular flexibility index (Phi) is 10.5. The number of hydrogen-bond donors (Lipinski definition) is 0. The van der Waals surface area contributed by atoms with Gasteiger partial charge in [0.15, 0.2) is 0 Å². The average molecular weight is 398 g/mol. The molecule has 0 aromatic carbocycles. The van der Waals surface area contributed by atoms with Gasteiger partial charge < -0.3 is 14.4 Å². The van der Waals surface area contributed by atoms with Crippen molar-refractivity contribution in [1.82, 2.24) is 4.90 Å². The first-order chi connectivity index (χ1) is 13.2. The van der Waals surface area contributed by atoms with Gasteiger partial charge in [0.05, 0.1) is 12.0 Å². The van der Waals surface area contributed by atoms with Crippen LogP contribution in [0.15, 0.2) is 0 Å². The van der Waals surface area contributed by atoms with Crippen LogP contribution in [-0.2, 0) is 23.9 Å². The van der Waals surface area contributed by atoms with Gasteiger partial charge in [0.1, 0.15) is 6.10 Å². The van der Waals surface area contributed by atoms with Crippen molar-refractivity contribution in [1.29, 1.82) is 0 Å². The summed E-state index contributed by atoms with van der Waals surface area (Å²) in [5, 5.41) is 0. The maximum atomic E-state index is 12.8. The monoisotopic (exact) mass is 397 g/mol. The van der Waals surface area contributed by atoms with Crippen molar-refractivity contribution in [2.75, 3.05) is 13.2 Å². The van der Waals surface area contributed by atoms with E-state index in [1.165, 1.54) is 6.92 Å². The number of carbonyl (C=O) groups excluding carboxylic acids is 3. The largest absolute Gasteiger partial charge is 0.465 e. The number of amides is 1. The van der Waals surface area contributed by atoms with Crippen molar-refractivity contribution in [3.8, 4) is 0 Å². The maximum Gasteiger partial charge on any atom is 0.311 e. The number of likely N-dealkylation sites (tertiary alicyclic amines) is 1. The number of esters is 2. The lowest BCUT2D eigenvalue weighted by Gasteiger charge is -2.36. The smallest absolute Gasteiger partial charge is 0.311 e. The zero-order chi connectivity index (χ0) is 21.2. The van der Waals surface area contributed by atoms with Crippen molar-refractivity contribution < 1.29 is 23.9 Å². The van der Waals surface area contributed by atoms with Gasteiger partial charge in [0.2, 0.25) is 5.91 Å². The third-order valence-electron chi connectivity index (χ3n) is 5.71. The lowest BCUT2D eigenvalue weighted by atomic mass is 9.79. The van der Waals surface area contributed by atoms with Gasteiger partial charge in [-0.25, -0.2) is 0 Å². The van der Waals surface area contributed by atoms with E-state index in [1.807, 2.05) is 25.7 Å². The van der Waals surface area contributed by atoms with E-state index < -0.39 is 5.41 Å². The Bertz CT molecular complexity index is 521. The molecule has 0 aliphatic carbocycles. The molecule has 6 heteroatoms. The van der Waals surface area contributed by atoms with E-state index in [0.717, 1.165) is 32.1 Å². The lowest BCUT2D eigenvalue weighted by molar-refractivity contribution is -0.158. The quantitative estimate of drug-likeness (QED) is 0.343. The molecule has 1 rings (SSSR count). The summed E-state index contributed by atoms with van der Waals surface area (Å²) in [4.78, 5) is 38.3. The molecular weight excluding hydrogens is 358 g/mol. The van der Waals surface area contributed by atoms with Crippen molar-refractivity contribution in [2.45, 2.75) is 105 Å². The first-order valence-corrected chi connectivity index (χ1v) is 10.9. The average Bonchev–Trinajstić information content (AvgIpc) is 3.05. The van der Waals surface area contributed by atoms with Crippen LogP contribution in [0.2, 0.25) is 0 Å². The zero-order valence-electron chi connectivity index (χ0n) is 18.4. The highest BCUT2D eigenvalue weighted by Gasteiger charge is 2.40. The SMILES string of the molecule is CCCCCCOC(=O)C(C)(CC)CC(CC(C)OC(C)=O)N1CCCC1=O. The summed E-state index contributed by atoms with van der Waals surface area (Å²) in [5.74, 6) is -0.404. The van der Waals surface area contributed by atoms with E-state index in [0.29, 0.717) is 38.8 Å². The molecule has 0 aromatic rings. The summed E-state index contributed by atoms with van der Waals surface area (Å²) >= 11 is 0. The second-order valence-corrected chi connectivity index (χ2v) is 8.32. The van der Waals surface area contributed by atoms with Gasteiger partial charge in [-0.3, -0.25) is 14.4 Å². The van der Waals surface area contributed by atoms with Crippen molar-refractivity contribution >= 4 is 17.8 Å². The van der Waals surface area contributed by atoms with Crippen LogP contribution in [-0.4, -0.2) is 48.0 Å². The van der Waals surface area contributed by atoms with E-state index in [-0.39, 0.29) is 30.0 Å². The van der Waals surface area contributed by atoms with E-state index in [4.69, 9.17) is 9.47 Å². The van der Waals surface area contributed by atoms with E-state index in [9.17, 15) is 14.4 Å². The highest BCUT2D eigenvalue weighted by molar-refractivity contribution is 5.79. The van der Waals surface area contributed by atoms with E-state index in [1.54, 1.807) is 0 Å². The standard InChI is InChI=1S/C22H39NO5/c1-6-8-9-10-14-27-21(26)22(5,7-2)16-19(15-17(3)28-18(4)24)23-13-11-12-20(23)25/h17,19H,6-16H2,1-5H3. The minimum absolute atomic E-state index is 0.117. The minimum atomic E-state index is -0.658. The Balaban J connectivity index is 2.78. The molecule has 28 heavy (non-hydrogen) atoms. The molecule has 3 atom stereocenters. The molecule has 0 spiro atoms. The predicted molar refractivity (Wildman–Crippen MR) is 109 cm³/mol. The molecule has 1 heterocycles. The summed E-state index contributed by atoms with van der Waals surface area (Å²) in [7, 11) is 0. The Morgan fingerprint density at radius 2 is 1.93 bits per heavy atom. The van der Waals surface area contributed by atoms with Crippen LogP contribution in [0.5, 0.6) is 0 Å². The molecule has 0 bridgehead atoms. The fraction of sp³-hybridized carbons (Fsp3) is 0.864. The van der Waals surface area contributed by atoms with Crippen LogP contribution in [0.3, 0.4) is 0 Å².